The number of aromatic nitrogens is 3. The predicted molar refractivity (Wildman–Crippen MR) is 189 cm³/mol. The Morgan fingerprint density at radius 2 is 0.913 bits per heavy atom. The Bertz CT molecular complexity index is 2650. The van der Waals surface area contributed by atoms with E-state index in [1.807, 2.05) is 12.1 Å². The molecule has 0 bridgehead atoms. The lowest BCUT2D eigenvalue weighted by molar-refractivity contribution is 0.627. The summed E-state index contributed by atoms with van der Waals surface area (Å²) in [7, 11) is 0. The molecule has 10 rings (SSSR count). The predicted octanol–water partition coefficient (Wildman–Crippen LogP) is 10.9. The van der Waals surface area contributed by atoms with E-state index in [0.29, 0.717) is 0 Å². The zero-order valence-corrected chi connectivity index (χ0v) is 25.0. The first-order valence-electron chi connectivity index (χ1n) is 15.9. The molecule has 0 atom stereocenters. The fourth-order valence-corrected chi connectivity index (χ4v) is 7.81. The van der Waals surface area contributed by atoms with Crippen LogP contribution in [0.5, 0.6) is 0 Å². The topological polar surface area (TPSA) is 14.8 Å². The minimum atomic E-state index is -0.237. The number of halogens is 1. The molecule has 3 heterocycles. The number of fused-ring (bicyclic) bond motifs is 9. The number of benzene rings is 6. The first-order chi connectivity index (χ1) is 22.7. The van der Waals surface area contributed by atoms with Crippen molar-refractivity contribution < 1.29 is 4.39 Å². The van der Waals surface area contributed by atoms with Gasteiger partial charge < -0.3 is 13.7 Å². The van der Waals surface area contributed by atoms with Crippen LogP contribution in [0.15, 0.2) is 140 Å². The van der Waals surface area contributed by atoms with E-state index in [0.717, 1.165) is 51.7 Å². The number of allylic oxidation sites excluding steroid dienone is 1. The summed E-state index contributed by atoms with van der Waals surface area (Å²) < 4.78 is 21.2. The van der Waals surface area contributed by atoms with Gasteiger partial charge in [-0.25, -0.2) is 4.39 Å². The largest absolute Gasteiger partial charge is 0.313 e. The summed E-state index contributed by atoms with van der Waals surface area (Å²) >= 11 is 0. The van der Waals surface area contributed by atoms with Gasteiger partial charge in [0.15, 0.2) is 0 Å². The van der Waals surface area contributed by atoms with E-state index >= 15 is 0 Å². The highest BCUT2D eigenvalue weighted by Crippen LogP contribution is 2.39. The summed E-state index contributed by atoms with van der Waals surface area (Å²) in [5, 5.41) is 6.10. The van der Waals surface area contributed by atoms with Gasteiger partial charge in [-0.1, -0.05) is 66.7 Å². The molecule has 4 heteroatoms. The molecule has 6 aromatic carbocycles. The van der Waals surface area contributed by atoms with Crippen LogP contribution in [-0.2, 0) is 6.42 Å². The molecular weight excluding hydrogens is 565 g/mol. The maximum Gasteiger partial charge on any atom is 0.123 e. The Morgan fingerprint density at radius 1 is 0.435 bits per heavy atom. The Morgan fingerprint density at radius 3 is 1.54 bits per heavy atom. The van der Waals surface area contributed by atoms with Crippen LogP contribution in [0.3, 0.4) is 0 Å². The third-order valence-corrected chi connectivity index (χ3v) is 9.76. The first-order valence-corrected chi connectivity index (χ1v) is 15.9. The van der Waals surface area contributed by atoms with Crippen LogP contribution in [0.25, 0.3) is 77.7 Å². The molecule has 46 heavy (non-hydrogen) atoms. The molecule has 3 nitrogen and oxygen atoms in total. The van der Waals surface area contributed by atoms with Gasteiger partial charge >= 0.3 is 0 Å². The van der Waals surface area contributed by atoms with E-state index in [2.05, 4.69) is 135 Å². The highest BCUT2D eigenvalue weighted by molar-refractivity contribution is 6.12. The molecule has 0 amide bonds. The molecule has 1 aliphatic rings. The van der Waals surface area contributed by atoms with Gasteiger partial charge in [0.05, 0.1) is 27.6 Å². The lowest BCUT2D eigenvalue weighted by atomic mass is 10.0. The lowest BCUT2D eigenvalue weighted by Gasteiger charge is -2.14. The van der Waals surface area contributed by atoms with E-state index in [1.165, 1.54) is 44.0 Å². The molecule has 3 aromatic heterocycles. The summed E-state index contributed by atoms with van der Waals surface area (Å²) in [5.41, 5.74) is 11.7. The fourth-order valence-electron chi connectivity index (χ4n) is 7.81. The van der Waals surface area contributed by atoms with Crippen molar-refractivity contribution in [2.45, 2.75) is 12.8 Å². The van der Waals surface area contributed by atoms with E-state index in [1.54, 1.807) is 12.1 Å². The van der Waals surface area contributed by atoms with E-state index in [9.17, 15) is 4.39 Å². The van der Waals surface area contributed by atoms with Crippen molar-refractivity contribution in [1.82, 2.24) is 13.7 Å². The molecule has 0 saturated heterocycles. The standard InChI is InChI=1S/C42H28FN3/c43-27-17-19-28(20-18-27)44-41-23-21-29(45-37-13-5-1-9-31(37)32-10-2-6-14-38(32)45)25-35(41)36-26-30(22-24-42(36)44)46-39-15-7-3-11-33(39)34-12-4-8-16-40(34)46/h1-7,9-15,17-26H,8,16H2. The second-order valence-corrected chi connectivity index (χ2v) is 12.2. The molecule has 0 radical (unpaired) electrons. The number of hydrogen-bond acceptors (Lipinski definition) is 0. The summed E-state index contributed by atoms with van der Waals surface area (Å²) in [5.74, 6) is -0.237. The van der Waals surface area contributed by atoms with Crippen LogP contribution in [-0.4, -0.2) is 13.7 Å². The van der Waals surface area contributed by atoms with Gasteiger partial charge in [-0.05, 0) is 91.7 Å². The summed E-state index contributed by atoms with van der Waals surface area (Å²) in [4.78, 5) is 0. The Labute approximate surface area is 264 Å². The third kappa shape index (κ3) is 3.52. The van der Waals surface area contributed by atoms with Crippen LogP contribution >= 0.6 is 0 Å². The van der Waals surface area contributed by atoms with Crippen molar-refractivity contribution in [2.75, 3.05) is 0 Å². The van der Waals surface area contributed by atoms with Gasteiger partial charge in [-0.3, -0.25) is 0 Å². The van der Waals surface area contributed by atoms with Crippen molar-refractivity contribution in [3.8, 4) is 17.1 Å². The van der Waals surface area contributed by atoms with Crippen molar-refractivity contribution in [3.63, 3.8) is 0 Å². The van der Waals surface area contributed by atoms with E-state index in [4.69, 9.17) is 0 Å². The molecule has 0 N–H and O–H groups in total. The average Bonchev–Trinajstić information content (AvgIpc) is 3.74. The molecule has 218 valence electrons. The smallest absolute Gasteiger partial charge is 0.123 e. The van der Waals surface area contributed by atoms with Gasteiger partial charge in [-0.2, -0.15) is 0 Å². The van der Waals surface area contributed by atoms with E-state index < -0.39 is 0 Å². The number of hydrogen-bond donors (Lipinski definition) is 0. The van der Waals surface area contributed by atoms with Crippen molar-refractivity contribution >= 4 is 60.6 Å². The van der Waals surface area contributed by atoms with Gasteiger partial charge in [0.1, 0.15) is 5.82 Å². The van der Waals surface area contributed by atoms with Crippen molar-refractivity contribution in [2.24, 2.45) is 0 Å². The van der Waals surface area contributed by atoms with Crippen LogP contribution < -0.4 is 0 Å². The fraction of sp³-hybridized carbons (Fsp3) is 0.0476. The molecular formula is C42H28FN3. The summed E-state index contributed by atoms with van der Waals surface area (Å²) in [6.07, 6.45) is 6.62. The second kappa shape index (κ2) is 9.56. The zero-order chi connectivity index (χ0) is 30.4. The zero-order valence-electron chi connectivity index (χ0n) is 25.0. The quantitative estimate of drug-likeness (QED) is 0.194. The summed E-state index contributed by atoms with van der Waals surface area (Å²) in [6, 6.07) is 46.4. The van der Waals surface area contributed by atoms with Crippen LogP contribution in [0.4, 0.5) is 4.39 Å². The van der Waals surface area contributed by atoms with Gasteiger partial charge in [0.2, 0.25) is 0 Å². The summed E-state index contributed by atoms with van der Waals surface area (Å²) in [6.45, 7) is 0. The molecule has 9 aromatic rings. The Kier molecular flexibility index (Phi) is 5.29. The maximum atomic E-state index is 14.1. The van der Waals surface area contributed by atoms with Crippen LogP contribution in [0.2, 0.25) is 0 Å². The first kappa shape index (κ1) is 25.5. The molecule has 0 unspecified atom stereocenters. The molecule has 0 saturated carbocycles. The number of para-hydroxylation sites is 3. The molecule has 1 aliphatic carbocycles. The maximum absolute atomic E-state index is 14.1. The number of nitrogens with zero attached hydrogens (tertiary/aromatic N) is 3. The highest BCUT2D eigenvalue weighted by Gasteiger charge is 2.21. The van der Waals surface area contributed by atoms with Gasteiger partial charge in [0, 0.05) is 55.3 Å². The average molecular weight is 594 g/mol. The minimum Gasteiger partial charge on any atom is -0.313 e. The lowest BCUT2D eigenvalue weighted by Crippen LogP contribution is -2.03. The second-order valence-electron chi connectivity index (χ2n) is 12.2. The molecule has 0 fully saturated rings. The Hall–Kier alpha value is -5.87. The Balaban J connectivity index is 1.29. The number of rotatable bonds is 3. The van der Waals surface area contributed by atoms with Crippen molar-refractivity contribution in [1.29, 1.82) is 0 Å². The van der Waals surface area contributed by atoms with Gasteiger partial charge in [-0.15, -0.1) is 0 Å². The monoisotopic (exact) mass is 593 g/mol. The normalized spacial score (nSPS) is 13.1. The van der Waals surface area contributed by atoms with Crippen LogP contribution in [0, 0.1) is 5.82 Å². The third-order valence-electron chi connectivity index (χ3n) is 9.76. The SMILES string of the molecule is Fc1ccc(-n2c3ccc(-n4c5c(c6ccccc64)C=CCC5)cc3c3cc(-n4c5ccccc5c5ccccc54)ccc32)cc1. The van der Waals surface area contributed by atoms with Gasteiger partial charge in [0.25, 0.3) is 0 Å². The van der Waals surface area contributed by atoms with Crippen molar-refractivity contribution in [3.05, 3.63) is 157 Å². The van der Waals surface area contributed by atoms with E-state index in [-0.39, 0.29) is 5.82 Å². The highest BCUT2D eigenvalue weighted by atomic mass is 19.1. The minimum absolute atomic E-state index is 0.237. The molecule has 0 aliphatic heterocycles. The molecule has 0 spiro atoms. The van der Waals surface area contributed by atoms with Crippen LogP contribution in [0.1, 0.15) is 17.7 Å².